The van der Waals surface area contributed by atoms with Crippen molar-refractivity contribution in [2.45, 2.75) is 78.4 Å². The van der Waals surface area contributed by atoms with E-state index in [2.05, 4.69) is 24.3 Å². The predicted molar refractivity (Wildman–Crippen MR) is 146 cm³/mol. The first-order valence-corrected chi connectivity index (χ1v) is 13.5. The third-order valence-corrected chi connectivity index (χ3v) is 6.08. The summed E-state index contributed by atoms with van der Waals surface area (Å²) in [4.78, 5) is 45.5. The smallest absolute Gasteiger partial charge is 0.347 e. The fourth-order valence-corrected chi connectivity index (χ4v) is 4.07. The van der Waals surface area contributed by atoms with Crippen LogP contribution in [-0.4, -0.2) is 61.0 Å². The van der Waals surface area contributed by atoms with E-state index < -0.39 is 24.1 Å². The molecular weight excluding hydrogens is 504 g/mol. The highest BCUT2D eigenvalue weighted by atomic mass is 16.6. The summed E-state index contributed by atoms with van der Waals surface area (Å²) in [6, 6.07) is 0. The number of allylic oxidation sites excluding steroid dienone is 6. The van der Waals surface area contributed by atoms with Crippen LogP contribution >= 0.6 is 0 Å². The third kappa shape index (κ3) is 16.4. The average molecular weight is 549 g/mol. The van der Waals surface area contributed by atoms with Crippen LogP contribution in [0.5, 0.6) is 0 Å². The summed E-state index contributed by atoms with van der Waals surface area (Å²) in [5, 5.41) is 9.26. The second kappa shape index (κ2) is 19.8. The Morgan fingerprint density at radius 2 is 1.31 bits per heavy atom. The van der Waals surface area contributed by atoms with Crippen LogP contribution in [0.2, 0.25) is 0 Å². The Morgan fingerprint density at radius 3 is 1.90 bits per heavy atom. The number of aliphatic hydroxyl groups is 1. The van der Waals surface area contributed by atoms with Crippen LogP contribution in [0, 0.1) is 17.8 Å². The maximum Gasteiger partial charge on any atom is 0.347 e. The number of unbranched alkanes of at least 4 members (excludes halogenated alkanes) is 2. The minimum Gasteiger partial charge on any atom is -0.463 e. The van der Waals surface area contributed by atoms with Crippen molar-refractivity contribution in [3.8, 4) is 0 Å². The largest absolute Gasteiger partial charge is 0.463 e. The lowest BCUT2D eigenvalue weighted by molar-refractivity contribution is -0.172. The molecule has 218 valence electrons. The first-order chi connectivity index (χ1) is 18.6. The van der Waals surface area contributed by atoms with Crippen molar-refractivity contribution < 1.29 is 43.2 Å². The molecule has 5 unspecified atom stereocenters. The van der Waals surface area contributed by atoms with E-state index in [1.807, 2.05) is 24.3 Å². The Balaban J connectivity index is 2.50. The molecule has 1 fully saturated rings. The number of rotatable bonds is 17. The van der Waals surface area contributed by atoms with Gasteiger partial charge in [0.1, 0.15) is 19.3 Å². The number of aliphatic hydroxyl groups excluding tert-OH is 1. The van der Waals surface area contributed by atoms with E-state index in [0.29, 0.717) is 12.5 Å². The highest BCUT2D eigenvalue weighted by Gasteiger charge is 2.33. The molecule has 0 spiro atoms. The molecule has 0 aromatic carbocycles. The molecule has 0 amide bonds. The van der Waals surface area contributed by atoms with Gasteiger partial charge in [-0.3, -0.25) is 9.59 Å². The van der Waals surface area contributed by atoms with Gasteiger partial charge in [-0.25, -0.2) is 9.59 Å². The molecule has 5 atom stereocenters. The zero-order chi connectivity index (χ0) is 29.0. The number of carbonyl (C=O) groups excluding carboxylic acids is 4. The summed E-state index contributed by atoms with van der Waals surface area (Å²) in [6.07, 6.45) is 19.4. The molecule has 1 rings (SSSR count). The molecule has 0 aromatic heterocycles. The number of esters is 4. The van der Waals surface area contributed by atoms with Crippen LogP contribution in [0.3, 0.4) is 0 Å². The van der Waals surface area contributed by atoms with Gasteiger partial charge in [-0.2, -0.15) is 0 Å². The molecule has 9 heteroatoms. The van der Waals surface area contributed by atoms with Gasteiger partial charge < -0.3 is 24.1 Å². The predicted octanol–water partition coefficient (Wildman–Crippen LogP) is 4.40. The summed E-state index contributed by atoms with van der Waals surface area (Å²) in [6.45, 7) is 6.12. The molecule has 1 aliphatic rings. The summed E-state index contributed by atoms with van der Waals surface area (Å²) < 4.78 is 20.2. The second-order valence-corrected chi connectivity index (χ2v) is 9.60. The number of hydrogen-bond donors (Lipinski definition) is 1. The van der Waals surface area contributed by atoms with Gasteiger partial charge in [0.15, 0.2) is 6.10 Å². The third-order valence-electron chi connectivity index (χ3n) is 6.08. The van der Waals surface area contributed by atoms with Gasteiger partial charge in [0.25, 0.3) is 0 Å². The SMILES string of the molecule is CC(=O)OCC=CCCC=CCCC=CC1CC(C=CCOC(C)=O)C(COC(=O)C(C)OC(=O)C(C)O)C1. The molecule has 0 radical (unpaired) electrons. The highest BCUT2D eigenvalue weighted by Crippen LogP contribution is 2.38. The van der Waals surface area contributed by atoms with Gasteiger partial charge >= 0.3 is 23.9 Å². The topological polar surface area (TPSA) is 125 Å². The number of carbonyl (C=O) groups is 4. The standard InChI is InChI=1S/C30H44O9/c1-22(31)29(34)39-23(2)30(35)38-21-28-20-26(19-27(28)16-14-18-37-25(4)33)15-12-10-8-6-5-7-9-11-13-17-36-24(3)32/h5-6,11-16,22-23,26-28,31H,7-10,17-21H2,1-4H3. The highest BCUT2D eigenvalue weighted by molar-refractivity contribution is 5.80. The molecule has 1 N–H and O–H groups in total. The fraction of sp³-hybridized carbons (Fsp3) is 0.600. The molecule has 39 heavy (non-hydrogen) atoms. The average Bonchev–Trinajstić information content (AvgIpc) is 3.26. The van der Waals surface area contributed by atoms with E-state index in [9.17, 15) is 24.3 Å². The summed E-state index contributed by atoms with van der Waals surface area (Å²) >= 11 is 0. The normalized spacial score (nSPS) is 21.0. The van der Waals surface area contributed by atoms with Crippen LogP contribution in [0.4, 0.5) is 0 Å². The van der Waals surface area contributed by atoms with Gasteiger partial charge in [-0.15, -0.1) is 0 Å². The van der Waals surface area contributed by atoms with Crippen LogP contribution in [0.1, 0.15) is 66.2 Å². The van der Waals surface area contributed by atoms with E-state index in [4.69, 9.17) is 18.9 Å². The van der Waals surface area contributed by atoms with Gasteiger partial charge in [-0.05, 0) is 70.1 Å². The van der Waals surface area contributed by atoms with Crippen molar-refractivity contribution >= 4 is 23.9 Å². The van der Waals surface area contributed by atoms with Crippen LogP contribution < -0.4 is 0 Å². The zero-order valence-corrected chi connectivity index (χ0v) is 23.6. The quantitative estimate of drug-likeness (QED) is 0.122. The van der Waals surface area contributed by atoms with Crippen LogP contribution in [0.25, 0.3) is 0 Å². The minimum atomic E-state index is -1.31. The number of hydrogen-bond acceptors (Lipinski definition) is 9. The number of ether oxygens (including phenoxy) is 4. The molecule has 1 saturated carbocycles. The molecule has 0 aliphatic heterocycles. The van der Waals surface area contributed by atoms with Gasteiger partial charge in [0, 0.05) is 13.8 Å². The van der Waals surface area contributed by atoms with Gasteiger partial charge in [-0.1, -0.05) is 48.6 Å². The van der Waals surface area contributed by atoms with Crippen molar-refractivity contribution in [2.75, 3.05) is 19.8 Å². The van der Waals surface area contributed by atoms with E-state index in [0.717, 1.165) is 38.5 Å². The summed E-state index contributed by atoms with van der Waals surface area (Å²) in [5.41, 5.74) is 0. The fourth-order valence-electron chi connectivity index (χ4n) is 4.07. The zero-order valence-electron chi connectivity index (χ0n) is 23.6. The molecule has 0 saturated heterocycles. The lowest BCUT2D eigenvalue weighted by Gasteiger charge is -2.18. The Hall–Kier alpha value is -3.20. The Morgan fingerprint density at radius 1 is 0.744 bits per heavy atom. The molecule has 0 heterocycles. The lowest BCUT2D eigenvalue weighted by atomic mass is 9.96. The first kappa shape index (κ1) is 33.8. The van der Waals surface area contributed by atoms with Gasteiger partial charge in [0.05, 0.1) is 6.61 Å². The van der Waals surface area contributed by atoms with Crippen molar-refractivity contribution in [3.63, 3.8) is 0 Å². The Labute approximate surface area is 231 Å². The second-order valence-electron chi connectivity index (χ2n) is 9.60. The van der Waals surface area contributed by atoms with Crippen molar-refractivity contribution in [3.05, 3.63) is 48.6 Å². The molecule has 9 nitrogen and oxygen atoms in total. The van der Waals surface area contributed by atoms with Crippen LogP contribution in [-0.2, 0) is 38.1 Å². The summed E-state index contributed by atoms with van der Waals surface area (Å²) in [5.74, 6) is -1.61. The first-order valence-electron chi connectivity index (χ1n) is 13.5. The lowest BCUT2D eigenvalue weighted by Crippen LogP contribution is -2.31. The van der Waals surface area contributed by atoms with Crippen LogP contribution in [0.15, 0.2) is 48.6 Å². The van der Waals surface area contributed by atoms with E-state index in [1.54, 1.807) is 0 Å². The Kier molecular flexibility index (Phi) is 17.2. The minimum absolute atomic E-state index is 0.0747. The molecular formula is C30H44O9. The van der Waals surface area contributed by atoms with Crippen molar-refractivity contribution in [1.29, 1.82) is 0 Å². The van der Waals surface area contributed by atoms with Gasteiger partial charge in [0.2, 0.25) is 0 Å². The Bertz CT molecular complexity index is 885. The monoisotopic (exact) mass is 548 g/mol. The maximum absolute atomic E-state index is 12.3. The molecule has 0 aromatic rings. The summed E-state index contributed by atoms with van der Waals surface area (Å²) in [7, 11) is 0. The van der Waals surface area contributed by atoms with E-state index >= 15 is 0 Å². The van der Waals surface area contributed by atoms with Crippen molar-refractivity contribution in [2.24, 2.45) is 17.8 Å². The molecule has 0 bridgehead atoms. The maximum atomic E-state index is 12.3. The molecule has 1 aliphatic carbocycles. The van der Waals surface area contributed by atoms with Crippen molar-refractivity contribution in [1.82, 2.24) is 0 Å². The van der Waals surface area contributed by atoms with E-state index in [-0.39, 0.29) is 37.0 Å². The van der Waals surface area contributed by atoms with E-state index in [1.165, 1.54) is 27.7 Å².